The molecule has 1 atom stereocenters. The summed E-state index contributed by atoms with van der Waals surface area (Å²) in [6.45, 7) is 7.46. The number of nitrogens with one attached hydrogen (secondary N) is 1. The summed E-state index contributed by atoms with van der Waals surface area (Å²) in [5.74, 6) is 0. The second-order valence-corrected chi connectivity index (χ2v) is 6.73. The van der Waals surface area contributed by atoms with E-state index < -0.39 is 0 Å². The van der Waals surface area contributed by atoms with Crippen molar-refractivity contribution < 1.29 is 5.11 Å². The van der Waals surface area contributed by atoms with Gasteiger partial charge in [0.15, 0.2) is 0 Å². The Bertz CT molecular complexity index is 395. The topological polar surface area (TPSA) is 32.3 Å². The lowest BCUT2D eigenvalue weighted by Crippen LogP contribution is -2.32. The van der Waals surface area contributed by atoms with Crippen LogP contribution in [0.15, 0.2) is 22.7 Å². The highest BCUT2D eigenvalue weighted by molar-refractivity contribution is 9.10. The van der Waals surface area contributed by atoms with Gasteiger partial charge in [-0.05, 0) is 36.5 Å². The Hall–Kier alpha value is -0.0900. The molecule has 1 aromatic carbocycles. The first-order chi connectivity index (χ1) is 8.35. The Morgan fingerprint density at radius 3 is 2.67 bits per heavy atom. The molecule has 102 valence electrons. The molecular weight excluding hydrogens is 314 g/mol. The summed E-state index contributed by atoms with van der Waals surface area (Å²) in [4.78, 5) is 0. The third-order valence-corrected chi connectivity index (χ3v) is 3.92. The zero-order valence-corrected chi connectivity index (χ0v) is 13.5. The van der Waals surface area contributed by atoms with E-state index in [2.05, 4.69) is 42.0 Å². The van der Waals surface area contributed by atoms with Crippen LogP contribution in [0.3, 0.4) is 0 Å². The average Bonchev–Trinajstić information content (AvgIpc) is 2.26. The zero-order valence-electron chi connectivity index (χ0n) is 11.1. The first-order valence-electron chi connectivity index (χ1n) is 6.15. The van der Waals surface area contributed by atoms with Gasteiger partial charge in [-0.3, -0.25) is 0 Å². The summed E-state index contributed by atoms with van der Waals surface area (Å²) in [5, 5.41) is 13.2. The smallest absolute Gasteiger partial charge is 0.0464 e. The highest BCUT2D eigenvalue weighted by atomic mass is 79.9. The van der Waals surface area contributed by atoms with Gasteiger partial charge in [0.25, 0.3) is 0 Å². The van der Waals surface area contributed by atoms with Crippen molar-refractivity contribution >= 4 is 27.5 Å². The molecule has 18 heavy (non-hydrogen) atoms. The molecule has 0 saturated heterocycles. The van der Waals surface area contributed by atoms with E-state index in [0.29, 0.717) is 0 Å². The van der Waals surface area contributed by atoms with Gasteiger partial charge < -0.3 is 10.4 Å². The van der Waals surface area contributed by atoms with E-state index >= 15 is 0 Å². The highest BCUT2D eigenvalue weighted by Gasteiger charge is 2.19. The van der Waals surface area contributed by atoms with Gasteiger partial charge in [-0.2, -0.15) is 0 Å². The van der Waals surface area contributed by atoms with Crippen LogP contribution < -0.4 is 5.32 Å². The Labute approximate surface area is 123 Å². The minimum absolute atomic E-state index is 0.0881. The first-order valence-corrected chi connectivity index (χ1v) is 7.32. The zero-order chi connectivity index (χ0) is 13.8. The average molecular weight is 335 g/mol. The number of aliphatic hydroxyl groups is 1. The van der Waals surface area contributed by atoms with E-state index in [1.807, 2.05) is 18.2 Å². The Balaban J connectivity index is 2.63. The quantitative estimate of drug-likeness (QED) is 0.818. The van der Waals surface area contributed by atoms with Gasteiger partial charge in [0.2, 0.25) is 0 Å². The van der Waals surface area contributed by atoms with Gasteiger partial charge in [-0.1, -0.05) is 47.4 Å². The molecule has 1 aromatic rings. The predicted molar refractivity (Wildman–Crippen MR) is 81.1 cm³/mol. The largest absolute Gasteiger partial charge is 0.396 e. The molecular formula is C14H21BrClNO. The third-order valence-electron chi connectivity index (χ3n) is 3.10. The summed E-state index contributed by atoms with van der Waals surface area (Å²) in [5.41, 5.74) is 1.19. The monoisotopic (exact) mass is 333 g/mol. The summed E-state index contributed by atoms with van der Waals surface area (Å²) >= 11 is 9.63. The van der Waals surface area contributed by atoms with Crippen LogP contribution >= 0.6 is 27.5 Å². The predicted octanol–water partition coefficient (Wildman–Crippen LogP) is 4.16. The van der Waals surface area contributed by atoms with Crippen molar-refractivity contribution in [1.82, 2.24) is 5.32 Å². The van der Waals surface area contributed by atoms with E-state index in [4.69, 9.17) is 16.7 Å². The van der Waals surface area contributed by atoms with E-state index in [1.54, 1.807) is 0 Å². The minimum atomic E-state index is 0.0881. The van der Waals surface area contributed by atoms with E-state index in [0.717, 1.165) is 28.0 Å². The molecule has 0 aliphatic carbocycles. The summed E-state index contributed by atoms with van der Waals surface area (Å²) in [6, 6.07) is 6.14. The van der Waals surface area contributed by atoms with E-state index in [1.165, 1.54) is 0 Å². The number of aliphatic hydroxyl groups excluding tert-OH is 1. The fourth-order valence-corrected chi connectivity index (χ4v) is 2.62. The highest BCUT2D eigenvalue weighted by Crippen LogP contribution is 2.27. The molecule has 0 spiro atoms. The van der Waals surface area contributed by atoms with Crippen LogP contribution in [0.1, 0.15) is 38.8 Å². The summed E-state index contributed by atoms with van der Waals surface area (Å²) < 4.78 is 0.990. The van der Waals surface area contributed by atoms with Crippen molar-refractivity contribution in [3.05, 3.63) is 33.3 Å². The molecule has 0 radical (unpaired) electrons. The van der Waals surface area contributed by atoms with Crippen LogP contribution in [0.4, 0.5) is 0 Å². The number of benzene rings is 1. The van der Waals surface area contributed by atoms with Gasteiger partial charge in [0.1, 0.15) is 0 Å². The molecule has 1 rings (SSSR count). The van der Waals surface area contributed by atoms with Gasteiger partial charge >= 0.3 is 0 Å². The van der Waals surface area contributed by atoms with Crippen molar-refractivity contribution in [3.8, 4) is 0 Å². The van der Waals surface area contributed by atoms with Gasteiger partial charge in [-0.25, -0.2) is 0 Å². The van der Waals surface area contributed by atoms with Gasteiger partial charge in [0, 0.05) is 28.7 Å². The van der Waals surface area contributed by atoms with Crippen LogP contribution in [-0.2, 0) is 0 Å². The maximum absolute atomic E-state index is 9.00. The minimum Gasteiger partial charge on any atom is -0.396 e. The van der Waals surface area contributed by atoms with Crippen molar-refractivity contribution in [2.24, 2.45) is 5.41 Å². The van der Waals surface area contributed by atoms with Crippen LogP contribution in [0.5, 0.6) is 0 Å². The lowest BCUT2D eigenvalue weighted by Gasteiger charge is -2.27. The number of hydrogen-bond acceptors (Lipinski definition) is 2. The molecule has 0 aliphatic heterocycles. The fourth-order valence-electron chi connectivity index (χ4n) is 1.78. The molecule has 0 fully saturated rings. The first kappa shape index (κ1) is 16.0. The van der Waals surface area contributed by atoms with Crippen molar-refractivity contribution in [2.45, 2.75) is 33.2 Å². The molecule has 2 nitrogen and oxygen atoms in total. The van der Waals surface area contributed by atoms with Crippen molar-refractivity contribution in [3.63, 3.8) is 0 Å². The lowest BCUT2D eigenvalue weighted by molar-refractivity contribution is 0.204. The Kier molecular flexibility index (Phi) is 6.12. The van der Waals surface area contributed by atoms with Crippen molar-refractivity contribution in [1.29, 1.82) is 0 Å². The van der Waals surface area contributed by atoms with Gasteiger partial charge in [-0.15, -0.1) is 0 Å². The third kappa shape index (κ3) is 4.88. The van der Waals surface area contributed by atoms with Crippen molar-refractivity contribution in [2.75, 3.05) is 13.2 Å². The Morgan fingerprint density at radius 2 is 2.11 bits per heavy atom. The molecule has 0 amide bonds. The van der Waals surface area contributed by atoms with E-state index in [-0.39, 0.29) is 18.1 Å². The maximum atomic E-state index is 9.00. The molecule has 2 N–H and O–H groups in total. The Morgan fingerprint density at radius 1 is 1.44 bits per heavy atom. The molecule has 0 heterocycles. The second-order valence-electron chi connectivity index (χ2n) is 5.41. The van der Waals surface area contributed by atoms with Crippen LogP contribution in [0.25, 0.3) is 0 Å². The lowest BCUT2D eigenvalue weighted by atomic mass is 9.89. The molecule has 0 bridgehead atoms. The number of halogens is 2. The molecule has 0 aromatic heterocycles. The standard InChI is InChI=1S/C14H21BrClNO/c1-10(17-9-14(2,3)6-7-18)12-5-4-11(15)8-13(12)16/h4-5,8,10,17-18H,6-7,9H2,1-3H3. The molecule has 0 aliphatic rings. The fraction of sp³-hybridized carbons (Fsp3) is 0.571. The van der Waals surface area contributed by atoms with Gasteiger partial charge in [0.05, 0.1) is 0 Å². The number of hydrogen-bond donors (Lipinski definition) is 2. The second kappa shape index (κ2) is 6.90. The normalized spacial score (nSPS) is 13.7. The van der Waals surface area contributed by atoms with Crippen LogP contribution in [-0.4, -0.2) is 18.3 Å². The molecule has 4 heteroatoms. The molecule has 0 saturated carbocycles. The summed E-state index contributed by atoms with van der Waals surface area (Å²) in [7, 11) is 0. The maximum Gasteiger partial charge on any atom is 0.0464 e. The molecule has 1 unspecified atom stereocenters. The van der Waals surface area contributed by atoms with E-state index in [9.17, 15) is 0 Å². The summed E-state index contributed by atoms with van der Waals surface area (Å²) in [6.07, 6.45) is 0.792. The van der Waals surface area contributed by atoms with Crippen LogP contribution in [0.2, 0.25) is 5.02 Å². The number of rotatable bonds is 6. The van der Waals surface area contributed by atoms with Crippen LogP contribution in [0, 0.1) is 5.41 Å². The SMILES string of the molecule is CC(NCC(C)(C)CCO)c1ccc(Br)cc1Cl.